The third kappa shape index (κ3) is 5.50. The molecule has 1 aromatic rings. The molecule has 18 heavy (non-hydrogen) atoms. The van der Waals surface area contributed by atoms with Crippen molar-refractivity contribution in [3.8, 4) is 0 Å². The normalized spacial score (nSPS) is 10.9. The van der Waals surface area contributed by atoms with Gasteiger partial charge in [0.25, 0.3) is 0 Å². The fraction of sp³-hybridized carbons (Fsp3) is 0.667. The minimum atomic E-state index is 0.937. The van der Waals surface area contributed by atoms with Gasteiger partial charge in [-0.25, -0.2) is 4.98 Å². The lowest BCUT2D eigenvalue weighted by Gasteiger charge is -2.21. The lowest BCUT2D eigenvalue weighted by Crippen LogP contribution is -2.25. The van der Waals surface area contributed by atoms with Gasteiger partial charge in [-0.05, 0) is 37.6 Å². The second-order valence-corrected chi connectivity index (χ2v) is 4.78. The van der Waals surface area contributed by atoms with Gasteiger partial charge in [0, 0.05) is 19.8 Å². The van der Waals surface area contributed by atoms with Crippen LogP contribution in [0.4, 0.5) is 5.82 Å². The third-order valence-corrected chi connectivity index (χ3v) is 3.14. The van der Waals surface area contributed by atoms with E-state index < -0.39 is 0 Å². The highest BCUT2D eigenvalue weighted by atomic mass is 15.1. The van der Waals surface area contributed by atoms with Crippen LogP contribution in [-0.4, -0.2) is 30.0 Å². The standard InChI is InChI=1S/C15H27N3/c1-4-6-10-18(11-7-5-2)13-14-8-9-15(16-3)17-12-14/h8-9,12H,4-7,10-11,13H2,1-3H3,(H,16,17). The van der Waals surface area contributed by atoms with Crippen molar-refractivity contribution in [3.63, 3.8) is 0 Å². The van der Waals surface area contributed by atoms with E-state index in [1.54, 1.807) is 0 Å². The lowest BCUT2D eigenvalue weighted by molar-refractivity contribution is 0.257. The molecule has 1 N–H and O–H groups in total. The second kappa shape index (κ2) is 8.92. The van der Waals surface area contributed by atoms with Crippen LogP contribution >= 0.6 is 0 Å². The number of aromatic nitrogens is 1. The largest absolute Gasteiger partial charge is 0.373 e. The Labute approximate surface area is 112 Å². The molecule has 0 aromatic carbocycles. The molecule has 1 rings (SSSR count). The van der Waals surface area contributed by atoms with Gasteiger partial charge < -0.3 is 5.32 Å². The number of nitrogens with zero attached hydrogens (tertiary/aromatic N) is 2. The van der Waals surface area contributed by atoms with E-state index in [1.807, 2.05) is 19.3 Å². The molecule has 0 amide bonds. The summed E-state index contributed by atoms with van der Waals surface area (Å²) in [7, 11) is 1.90. The van der Waals surface area contributed by atoms with Gasteiger partial charge in [-0.3, -0.25) is 4.90 Å². The average molecular weight is 249 g/mol. The van der Waals surface area contributed by atoms with Crippen LogP contribution < -0.4 is 5.32 Å². The zero-order valence-electron chi connectivity index (χ0n) is 12.1. The first-order valence-corrected chi connectivity index (χ1v) is 7.15. The monoisotopic (exact) mass is 249 g/mol. The summed E-state index contributed by atoms with van der Waals surface area (Å²) in [6.07, 6.45) is 7.08. The molecule has 1 aromatic heterocycles. The third-order valence-electron chi connectivity index (χ3n) is 3.14. The van der Waals surface area contributed by atoms with Gasteiger partial charge in [-0.1, -0.05) is 32.8 Å². The molecule has 0 fully saturated rings. The molecule has 0 saturated carbocycles. The molecule has 1 heterocycles. The summed E-state index contributed by atoms with van der Waals surface area (Å²) in [6, 6.07) is 4.22. The Kier molecular flexibility index (Phi) is 7.42. The van der Waals surface area contributed by atoms with Gasteiger partial charge in [-0.2, -0.15) is 0 Å². The number of nitrogens with one attached hydrogen (secondary N) is 1. The Morgan fingerprint density at radius 1 is 1.11 bits per heavy atom. The van der Waals surface area contributed by atoms with Gasteiger partial charge >= 0.3 is 0 Å². The van der Waals surface area contributed by atoms with Crippen molar-refractivity contribution in [1.29, 1.82) is 0 Å². The van der Waals surface area contributed by atoms with E-state index in [0.717, 1.165) is 12.4 Å². The molecule has 0 unspecified atom stereocenters. The van der Waals surface area contributed by atoms with Crippen molar-refractivity contribution < 1.29 is 0 Å². The van der Waals surface area contributed by atoms with Crippen LogP contribution in [0, 0.1) is 0 Å². The molecule has 0 atom stereocenters. The smallest absolute Gasteiger partial charge is 0.125 e. The number of hydrogen-bond donors (Lipinski definition) is 1. The van der Waals surface area contributed by atoms with E-state index in [4.69, 9.17) is 0 Å². The minimum absolute atomic E-state index is 0.937. The molecule has 0 saturated heterocycles. The van der Waals surface area contributed by atoms with Gasteiger partial charge in [0.2, 0.25) is 0 Å². The van der Waals surface area contributed by atoms with Crippen LogP contribution in [0.15, 0.2) is 18.3 Å². The summed E-state index contributed by atoms with van der Waals surface area (Å²) in [4.78, 5) is 6.92. The maximum Gasteiger partial charge on any atom is 0.125 e. The quantitative estimate of drug-likeness (QED) is 0.725. The van der Waals surface area contributed by atoms with Crippen molar-refractivity contribution >= 4 is 5.82 Å². The molecule has 0 aliphatic heterocycles. The zero-order chi connectivity index (χ0) is 13.2. The number of hydrogen-bond acceptors (Lipinski definition) is 3. The number of anilines is 1. The van der Waals surface area contributed by atoms with Crippen molar-refractivity contribution in [3.05, 3.63) is 23.9 Å². The van der Waals surface area contributed by atoms with E-state index in [1.165, 1.54) is 44.3 Å². The zero-order valence-corrected chi connectivity index (χ0v) is 12.1. The summed E-state index contributed by atoms with van der Waals surface area (Å²) in [5.74, 6) is 0.937. The van der Waals surface area contributed by atoms with Gasteiger partial charge in [0.15, 0.2) is 0 Å². The number of rotatable bonds is 9. The SMILES string of the molecule is CCCCN(CCCC)Cc1ccc(NC)nc1. The van der Waals surface area contributed by atoms with E-state index in [0.29, 0.717) is 0 Å². The van der Waals surface area contributed by atoms with Crippen LogP contribution in [0.3, 0.4) is 0 Å². The first-order valence-electron chi connectivity index (χ1n) is 7.15. The van der Waals surface area contributed by atoms with Crippen LogP contribution in [0.1, 0.15) is 45.1 Å². The summed E-state index contributed by atoms with van der Waals surface area (Å²) in [5.41, 5.74) is 1.31. The van der Waals surface area contributed by atoms with E-state index >= 15 is 0 Å². The predicted molar refractivity (Wildman–Crippen MR) is 78.9 cm³/mol. The fourth-order valence-electron chi connectivity index (χ4n) is 1.96. The minimum Gasteiger partial charge on any atom is -0.373 e. The maximum absolute atomic E-state index is 4.37. The molecule has 0 bridgehead atoms. The molecule has 3 heteroatoms. The first-order chi connectivity index (χ1) is 8.80. The highest BCUT2D eigenvalue weighted by Gasteiger charge is 2.05. The Balaban J connectivity index is 2.51. The molecule has 0 radical (unpaired) electrons. The Bertz CT molecular complexity index is 300. The molecule has 0 aliphatic carbocycles. The van der Waals surface area contributed by atoms with E-state index in [9.17, 15) is 0 Å². The van der Waals surface area contributed by atoms with Crippen LogP contribution in [0.25, 0.3) is 0 Å². The van der Waals surface area contributed by atoms with Crippen molar-refractivity contribution in [2.45, 2.75) is 46.1 Å². The van der Waals surface area contributed by atoms with Gasteiger partial charge in [0.05, 0.1) is 0 Å². The summed E-state index contributed by atoms with van der Waals surface area (Å²) >= 11 is 0. The summed E-state index contributed by atoms with van der Waals surface area (Å²) in [6.45, 7) is 7.92. The van der Waals surface area contributed by atoms with Crippen LogP contribution in [-0.2, 0) is 6.54 Å². The Morgan fingerprint density at radius 3 is 2.22 bits per heavy atom. The van der Waals surface area contributed by atoms with E-state index in [-0.39, 0.29) is 0 Å². The molecule has 0 aliphatic rings. The first kappa shape index (κ1) is 15.0. The second-order valence-electron chi connectivity index (χ2n) is 4.78. The topological polar surface area (TPSA) is 28.2 Å². The summed E-state index contributed by atoms with van der Waals surface area (Å²) in [5, 5.41) is 3.05. The molecular formula is C15H27N3. The Hall–Kier alpha value is -1.09. The number of pyridine rings is 1. The highest BCUT2D eigenvalue weighted by molar-refractivity contribution is 5.34. The predicted octanol–water partition coefficient (Wildman–Crippen LogP) is 3.53. The molecule has 0 spiro atoms. The highest BCUT2D eigenvalue weighted by Crippen LogP contribution is 2.09. The fourth-order valence-corrected chi connectivity index (χ4v) is 1.96. The molecule has 102 valence electrons. The van der Waals surface area contributed by atoms with Crippen LogP contribution in [0.2, 0.25) is 0 Å². The lowest BCUT2D eigenvalue weighted by atomic mass is 10.2. The van der Waals surface area contributed by atoms with Crippen molar-refractivity contribution in [2.75, 3.05) is 25.5 Å². The van der Waals surface area contributed by atoms with Gasteiger partial charge in [0.1, 0.15) is 5.82 Å². The summed E-state index contributed by atoms with van der Waals surface area (Å²) < 4.78 is 0. The average Bonchev–Trinajstić information content (AvgIpc) is 2.42. The van der Waals surface area contributed by atoms with E-state index in [2.05, 4.69) is 35.1 Å². The Morgan fingerprint density at radius 2 is 1.78 bits per heavy atom. The molecular weight excluding hydrogens is 222 g/mol. The van der Waals surface area contributed by atoms with Crippen LogP contribution in [0.5, 0.6) is 0 Å². The van der Waals surface area contributed by atoms with Gasteiger partial charge in [-0.15, -0.1) is 0 Å². The van der Waals surface area contributed by atoms with Crippen molar-refractivity contribution in [1.82, 2.24) is 9.88 Å². The molecule has 3 nitrogen and oxygen atoms in total. The maximum atomic E-state index is 4.37. The number of unbranched alkanes of at least 4 members (excludes halogenated alkanes) is 2. The van der Waals surface area contributed by atoms with Crippen molar-refractivity contribution in [2.24, 2.45) is 0 Å².